The average molecular weight is 352 g/mol. The summed E-state index contributed by atoms with van der Waals surface area (Å²) in [5.74, 6) is 0.794. The molecule has 4 rings (SSSR count). The van der Waals surface area contributed by atoms with Gasteiger partial charge in [-0.1, -0.05) is 30.3 Å². The van der Waals surface area contributed by atoms with E-state index in [1.54, 1.807) is 6.26 Å². The van der Waals surface area contributed by atoms with Crippen molar-refractivity contribution in [3.05, 3.63) is 81.9 Å². The van der Waals surface area contributed by atoms with Crippen LogP contribution in [0.2, 0.25) is 0 Å². The van der Waals surface area contributed by atoms with Crippen LogP contribution in [0.4, 0.5) is 0 Å². The van der Waals surface area contributed by atoms with Crippen LogP contribution >= 0.6 is 11.3 Å². The number of nitrogens with one attached hydrogen (secondary N) is 1. The lowest BCUT2D eigenvalue weighted by molar-refractivity contribution is -0.123. The summed E-state index contributed by atoms with van der Waals surface area (Å²) < 4.78 is 5.27. The van der Waals surface area contributed by atoms with Crippen molar-refractivity contribution in [3.63, 3.8) is 0 Å². The van der Waals surface area contributed by atoms with Crippen molar-refractivity contribution in [2.45, 2.75) is 19.0 Å². The van der Waals surface area contributed by atoms with Crippen LogP contribution in [0.3, 0.4) is 0 Å². The van der Waals surface area contributed by atoms with Gasteiger partial charge < -0.3 is 9.73 Å². The normalized spacial score (nSPS) is 17.2. The molecule has 2 aromatic heterocycles. The topological polar surface area (TPSA) is 45.5 Å². The standard InChI is InChI=1S/C20H20N2O2S/c23-19(21-13-16-7-4-11-24-16)14-22-10-8-18-17(9-12-25-18)20(22)15-5-2-1-3-6-15/h1-7,9,11-12,20H,8,10,13-14H2,(H,21,23)/t20-/m1/s1. The minimum atomic E-state index is 0.0241. The summed E-state index contributed by atoms with van der Waals surface area (Å²) in [5.41, 5.74) is 2.57. The Morgan fingerprint density at radius 3 is 2.88 bits per heavy atom. The minimum absolute atomic E-state index is 0.0241. The van der Waals surface area contributed by atoms with Gasteiger partial charge in [-0.05, 0) is 41.1 Å². The molecule has 1 aliphatic heterocycles. The number of benzene rings is 1. The van der Waals surface area contributed by atoms with Crippen LogP contribution < -0.4 is 5.32 Å². The highest BCUT2D eigenvalue weighted by atomic mass is 32.1. The lowest BCUT2D eigenvalue weighted by Gasteiger charge is -2.35. The Bertz CT molecular complexity index is 827. The molecule has 1 aromatic carbocycles. The molecule has 3 aromatic rings. The van der Waals surface area contributed by atoms with E-state index >= 15 is 0 Å². The SMILES string of the molecule is O=C(CN1CCc2sccc2[C@H]1c1ccccc1)NCc1ccco1. The molecule has 0 radical (unpaired) electrons. The Morgan fingerprint density at radius 2 is 2.08 bits per heavy atom. The first-order valence-electron chi connectivity index (χ1n) is 8.45. The Balaban J connectivity index is 1.50. The molecule has 4 nitrogen and oxygen atoms in total. The fraction of sp³-hybridized carbons (Fsp3) is 0.250. The molecule has 25 heavy (non-hydrogen) atoms. The summed E-state index contributed by atoms with van der Waals surface area (Å²) in [4.78, 5) is 16.1. The lowest BCUT2D eigenvalue weighted by Crippen LogP contribution is -2.42. The second-order valence-corrected chi connectivity index (χ2v) is 7.19. The molecule has 1 aliphatic rings. The molecule has 1 atom stereocenters. The number of carbonyl (C=O) groups is 1. The maximum atomic E-state index is 12.4. The summed E-state index contributed by atoms with van der Waals surface area (Å²) in [6.07, 6.45) is 2.62. The molecule has 128 valence electrons. The number of fused-ring (bicyclic) bond motifs is 1. The Labute approximate surface area is 151 Å². The molecule has 0 spiro atoms. The zero-order valence-corrected chi connectivity index (χ0v) is 14.7. The van der Waals surface area contributed by atoms with Gasteiger partial charge in [0, 0.05) is 11.4 Å². The third-order valence-electron chi connectivity index (χ3n) is 4.57. The first kappa shape index (κ1) is 16.1. The van der Waals surface area contributed by atoms with Gasteiger partial charge in [0.25, 0.3) is 0 Å². The van der Waals surface area contributed by atoms with Gasteiger partial charge in [0.15, 0.2) is 0 Å². The monoisotopic (exact) mass is 352 g/mol. The first-order chi connectivity index (χ1) is 12.3. The first-order valence-corrected chi connectivity index (χ1v) is 9.33. The van der Waals surface area contributed by atoms with E-state index in [0.717, 1.165) is 18.7 Å². The Hall–Kier alpha value is -2.37. The van der Waals surface area contributed by atoms with E-state index in [1.165, 1.54) is 16.0 Å². The van der Waals surface area contributed by atoms with Crippen molar-refractivity contribution in [2.75, 3.05) is 13.1 Å². The summed E-state index contributed by atoms with van der Waals surface area (Å²) in [6, 6.07) is 16.5. The van der Waals surface area contributed by atoms with E-state index in [0.29, 0.717) is 13.1 Å². The zero-order chi connectivity index (χ0) is 17.1. The second-order valence-electron chi connectivity index (χ2n) is 6.19. The second kappa shape index (κ2) is 7.25. The highest BCUT2D eigenvalue weighted by Crippen LogP contribution is 2.37. The van der Waals surface area contributed by atoms with E-state index < -0.39 is 0 Å². The summed E-state index contributed by atoms with van der Waals surface area (Å²) in [7, 11) is 0. The number of hydrogen-bond donors (Lipinski definition) is 1. The summed E-state index contributed by atoms with van der Waals surface area (Å²) >= 11 is 1.81. The highest BCUT2D eigenvalue weighted by Gasteiger charge is 2.30. The molecule has 5 heteroatoms. The summed E-state index contributed by atoms with van der Waals surface area (Å²) in [5, 5.41) is 5.10. The van der Waals surface area contributed by atoms with Crippen molar-refractivity contribution in [1.29, 1.82) is 0 Å². The van der Waals surface area contributed by atoms with Crippen molar-refractivity contribution in [2.24, 2.45) is 0 Å². The van der Waals surface area contributed by atoms with Crippen LogP contribution in [0.15, 0.2) is 64.6 Å². The van der Waals surface area contributed by atoms with Crippen LogP contribution in [0.5, 0.6) is 0 Å². The quantitative estimate of drug-likeness (QED) is 0.763. The molecule has 1 amide bonds. The molecule has 3 heterocycles. The van der Waals surface area contributed by atoms with E-state index in [4.69, 9.17) is 4.42 Å². The van der Waals surface area contributed by atoms with Crippen LogP contribution in [0, 0.1) is 0 Å². The summed E-state index contributed by atoms with van der Waals surface area (Å²) in [6.45, 7) is 1.70. The molecule has 1 N–H and O–H groups in total. The van der Waals surface area contributed by atoms with Crippen molar-refractivity contribution < 1.29 is 9.21 Å². The molecular weight excluding hydrogens is 332 g/mol. The molecule has 0 unspecified atom stereocenters. The third-order valence-corrected chi connectivity index (χ3v) is 5.56. The smallest absolute Gasteiger partial charge is 0.234 e. The van der Waals surface area contributed by atoms with Gasteiger partial charge >= 0.3 is 0 Å². The lowest BCUT2D eigenvalue weighted by atomic mass is 9.93. The molecule has 0 aliphatic carbocycles. The average Bonchev–Trinajstić information content (AvgIpc) is 3.32. The fourth-order valence-corrected chi connectivity index (χ4v) is 4.31. The molecule has 0 saturated carbocycles. The number of carbonyl (C=O) groups excluding carboxylic acids is 1. The molecular formula is C20H20N2O2S. The number of amides is 1. The predicted molar refractivity (Wildman–Crippen MR) is 98.4 cm³/mol. The van der Waals surface area contributed by atoms with Gasteiger partial charge in [0.2, 0.25) is 5.91 Å². The van der Waals surface area contributed by atoms with Crippen molar-refractivity contribution >= 4 is 17.2 Å². The zero-order valence-electron chi connectivity index (χ0n) is 13.9. The van der Waals surface area contributed by atoms with Gasteiger partial charge in [-0.15, -0.1) is 11.3 Å². The minimum Gasteiger partial charge on any atom is -0.467 e. The van der Waals surface area contributed by atoms with Crippen LogP contribution in [0.25, 0.3) is 0 Å². The Morgan fingerprint density at radius 1 is 1.20 bits per heavy atom. The molecule has 0 saturated heterocycles. The van der Waals surface area contributed by atoms with E-state index in [-0.39, 0.29) is 11.9 Å². The Kier molecular flexibility index (Phi) is 4.68. The van der Waals surface area contributed by atoms with Crippen molar-refractivity contribution in [3.8, 4) is 0 Å². The number of nitrogens with zero attached hydrogens (tertiary/aromatic N) is 1. The van der Waals surface area contributed by atoms with Gasteiger partial charge in [0.1, 0.15) is 5.76 Å². The highest BCUT2D eigenvalue weighted by molar-refractivity contribution is 7.10. The number of thiophene rings is 1. The maximum absolute atomic E-state index is 12.4. The van der Waals surface area contributed by atoms with Crippen LogP contribution in [0.1, 0.15) is 27.8 Å². The fourth-order valence-electron chi connectivity index (χ4n) is 3.40. The van der Waals surface area contributed by atoms with Crippen LogP contribution in [-0.4, -0.2) is 23.9 Å². The number of rotatable bonds is 5. The van der Waals surface area contributed by atoms with E-state index in [9.17, 15) is 4.79 Å². The molecule has 0 bridgehead atoms. The third kappa shape index (κ3) is 3.52. The predicted octanol–water partition coefficient (Wildman–Crippen LogP) is 3.61. The van der Waals surface area contributed by atoms with E-state index in [2.05, 4.69) is 45.9 Å². The maximum Gasteiger partial charge on any atom is 0.234 e. The van der Waals surface area contributed by atoms with Gasteiger partial charge in [-0.3, -0.25) is 9.69 Å². The van der Waals surface area contributed by atoms with Gasteiger partial charge in [-0.2, -0.15) is 0 Å². The number of furan rings is 1. The van der Waals surface area contributed by atoms with Crippen molar-refractivity contribution in [1.82, 2.24) is 10.2 Å². The number of hydrogen-bond acceptors (Lipinski definition) is 4. The van der Waals surface area contributed by atoms with E-state index in [1.807, 2.05) is 29.5 Å². The molecule has 0 fully saturated rings. The van der Waals surface area contributed by atoms with Gasteiger partial charge in [-0.25, -0.2) is 0 Å². The largest absolute Gasteiger partial charge is 0.467 e. The van der Waals surface area contributed by atoms with Gasteiger partial charge in [0.05, 0.1) is 25.4 Å². The van der Waals surface area contributed by atoms with Crippen LogP contribution in [-0.2, 0) is 17.8 Å².